The molecule has 1 amide bonds. The lowest BCUT2D eigenvalue weighted by Crippen LogP contribution is -2.46. The van der Waals surface area contributed by atoms with E-state index >= 15 is 0 Å². The minimum Gasteiger partial charge on any atom is -0.466 e. The van der Waals surface area contributed by atoms with Crippen LogP contribution in [0.2, 0.25) is 0 Å². The van der Waals surface area contributed by atoms with E-state index in [1.54, 1.807) is 24.0 Å². The molecule has 156 valence electrons. The SMILES string of the molecule is CCOC(=O)C1CCN(C(=O)CN(c2cccc3ccccc23)S(C)(=O)=O)CC1. The number of rotatable bonds is 6. The van der Waals surface area contributed by atoms with Crippen LogP contribution < -0.4 is 4.31 Å². The standard InChI is InChI=1S/C21H26N2O5S/c1-3-28-21(25)17-11-13-22(14-12-17)20(24)15-23(29(2,26)27)19-10-6-8-16-7-4-5-9-18(16)19/h4-10,17H,3,11-15H2,1-2H3. The molecule has 1 aliphatic rings. The van der Waals surface area contributed by atoms with Crippen LogP contribution in [0, 0.1) is 5.92 Å². The molecule has 0 saturated carbocycles. The summed E-state index contributed by atoms with van der Waals surface area (Å²) in [6.07, 6.45) is 2.16. The van der Waals surface area contributed by atoms with Gasteiger partial charge in [0.1, 0.15) is 6.54 Å². The van der Waals surface area contributed by atoms with Crippen molar-refractivity contribution in [3.8, 4) is 0 Å². The third-order valence-electron chi connectivity index (χ3n) is 5.18. The fourth-order valence-corrected chi connectivity index (χ4v) is 4.52. The van der Waals surface area contributed by atoms with E-state index in [-0.39, 0.29) is 24.3 Å². The first kappa shape index (κ1) is 21.1. The van der Waals surface area contributed by atoms with Crippen LogP contribution in [-0.2, 0) is 24.3 Å². The number of hydrogen-bond acceptors (Lipinski definition) is 5. The Balaban J connectivity index is 1.77. The van der Waals surface area contributed by atoms with Gasteiger partial charge in [0.15, 0.2) is 0 Å². The maximum Gasteiger partial charge on any atom is 0.309 e. The monoisotopic (exact) mass is 418 g/mol. The van der Waals surface area contributed by atoms with E-state index in [1.807, 2.05) is 30.3 Å². The Kier molecular flexibility index (Phi) is 6.42. The smallest absolute Gasteiger partial charge is 0.309 e. The molecular formula is C21H26N2O5S. The summed E-state index contributed by atoms with van der Waals surface area (Å²) in [5, 5.41) is 1.68. The van der Waals surface area contributed by atoms with Crippen LogP contribution in [0.1, 0.15) is 19.8 Å². The zero-order valence-electron chi connectivity index (χ0n) is 16.7. The maximum atomic E-state index is 12.9. The summed E-state index contributed by atoms with van der Waals surface area (Å²) < 4.78 is 31.2. The lowest BCUT2D eigenvalue weighted by molar-refractivity contribution is -0.151. The van der Waals surface area contributed by atoms with Gasteiger partial charge in [0.05, 0.1) is 24.5 Å². The van der Waals surface area contributed by atoms with E-state index in [9.17, 15) is 18.0 Å². The molecule has 0 N–H and O–H groups in total. The Morgan fingerprint density at radius 1 is 1.10 bits per heavy atom. The van der Waals surface area contributed by atoms with Crippen LogP contribution in [0.3, 0.4) is 0 Å². The number of esters is 1. The molecule has 3 rings (SSSR count). The molecule has 29 heavy (non-hydrogen) atoms. The molecule has 1 heterocycles. The van der Waals surface area contributed by atoms with Gasteiger partial charge in [0.2, 0.25) is 15.9 Å². The van der Waals surface area contributed by atoms with Crippen molar-refractivity contribution in [2.24, 2.45) is 5.92 Å². The van der Waals surface area contributed by atoms with Crippen LogP contribution in [0.5, 0.6) is 0 Å². The van der Waals surface area contributed by atoms with Gasteiger partial charge in [-0.1, -0.05) is 36.4 Å². The van der Waals surface area contributed by atoms with E-state index in [0.717, 1.165) is 21.3 Å². The Bertz CT molecular complexity index is 992. The zero-order chi connectivity index (χ0) is 21.0. The summed E-state index contributed by atoms with van der Waals surface area (Å²) in [5.41, 5.74) is 0.486. The van der Waals surface area contributed by atoms with Gasteiger partial charge in [-0.3, -0.25) is 13.9 Å². The van der Waals surface area contributed by atoms with E-state index in [1.165, 1.54) is 0 Å². The highest BCUT2D eigenvalue weighted by atomic mass is 32.2. The quantitative estimate of drug-likeness (QED) is 0.673. The van der Waals surface area contributed by atoms with Crippen molar-refractivity contribution in [3.05, 3.63) is 42.5 Å². The van der Waals surface area contributed by atoms with Crippen LogP contribution in [0.15, 0.2) is 42.5 Å². The van der Waals surface area contributed by atoms with Crippen LogP contribution in [-0.4, -0.2) is 57.7 Å². The molecule has 0 bridgehead atoms. The van der Waals surface area contributed by atoms with E-state index in [4.69, 9.17) is 4.74 Å². The number of nitrogens with zero attached hydrogens (tertiary/aromatic N) is 2. The molecule has 0 unspecified atom stereocenters. The maximum absolute atomic E-state index is 12.9. The molecule has 1 aliphatic heterocycles. The second-order valence-corrected chi connectivity index (χ2v) is 9.08. The largest absolute Gasteiger partial charge is 0.466 e. The zero-order valence-corrected chi connectivity index (χ0v) is 17.5. The highest BCUT2D eigenvalue weighted by molar-refractivity contribution is 7.92. The lowest BCUT2D eigenvalue weighted by Gasteiger charge is -2.33. The highest BCUT2D eigenvalue weighted by Gasteiger charge is 2.30. The molecular weight excluding hydrogens is 392 g/mol. The average molecular weight is 419 g/mol. The highest BCUT2D eigenvalue weighted by Crippen LogP contribution is 2.28. The van der Waals surface area contributed by atoms with Gasteiger partial charge in [0, 0.05) is 18.5 Å². The minimum absolute atomic E-state index is 0.205. The van der Waals surface area contributed by atoms with Gasteiger partial charge in [-0.2, -0.15) is 0 Å². The van der Waals surface area contributed by atoms with Crippen molar-refractivity contribution in [3.63, 3.8) is 0 Å². The average Bonchev–Trinajstić information content (AvgIpc) is 2.71. The predicted octanol–water partition coefficient (Wildman–Crippen LogP) is 2.41. The summed E-state index contributed by atoms with van der Waals surface area (Å²) in [5.74, 6) is -0.707. The number of anilines is 1. The normalized spacial score (nSPS) is 15.3. The summed E-state index contributed by atoms with van der Waals surface area (Å²) in [6, 6.07) is 12.9. The number of fused-ring (bicyclic) bond motifs is 1. The van der Waals surface area contributed by atoms with Gasteiger partial charge in [-0.15, -0.1) is 0 Å². The predicted molar refractivity (Wildman–Crippen MR) is 112 cm³/mol. The second-order valence-electron chi connectivity index (χ2n) is 7.18. The van der Waals surface area contributed by atoms with Crippen molar-refractivity contribution in [2.75, 3.05) is 36.8 Å². The van der Waals surface area contributed by atoms with E-state index < -0.39 is 10.0 Å². The Morgan fingerprint density at radius 3 is 2.41 bits per heavy atom. The van der Waals surface area contributed by atoms with Gasteiger partial charge < -0.3 is 9.64 Å². The molecule has 8 heteroatoms. The van der Waals surface area contributed by atoms with Gasteiger partial charge in [-0.25, -0.2) is 8.42 Å². The summed E-state index contributed by atoms with van der Waals surface area (Å²) in [7, 11) is -3.66. The van der Waals surface area contributed by atoms with Crippen molar-refractivity contribution >= 4 is 38.4 Å². The van der Waals surface area contributed by atoms with Crippen LogP contribution in [0.25, 0.3) is 10.8 Å². The van der Waals surface area contributed by atoms with Crippen LogP contribution >= 0.6 is 0 Å². The van der Waals surface area contributed by atoms with Gasteiger partial charge in [0.25, 0.3) is 0 Å². The number of hydrogen-bond donors (Lipinski definition) is 0. The van der Waals surface area contributed by atoms with Crippen molar-refractivity contribution in [1.82, 2.24) is 4.90 Å². The first-order valence-electron chi connectivity index (χ1n) is 9.71. The topological polar surface area (TPSA) is 84.0 Å². The van der Waals surface area contributed by atoms with Crippen molar-refractivity contribution in [2.45, 2.75) is 19.8 Å². The van der Waals surface area contributed by atoms with E-state index in [0.29, 0.717) is 38.2 Å². The lowest BCUT2D eigenvalue weighted by atomic mass is 9.97. The molecule has 0 radical (unpaired) electrons. The van der Waals surface area contributed by atoms with Crippen LogP contribution in [0.4, 0.5) is 5.69 Å². The Hall–Kier alpha value is -2.61. The van der Waals surface area contributed by atoms with Gasteiger partial charge >= 0.3 is 5.97 Å². The number of benzene rings is 2. The number of piperidine rings is 1. The number of sulfonamides is 1. The first-order valence-corrected chi connectivity index (χ1v) is 11.6. The summed E-state index contributed by atoms with van der Waals surface area (Å²) in [4.78, 5) is 26.4. The molecule has 1 saturated heterocycles. The molecule has 7 nitrogen and oxygen atoms in total. The molecule has 0 aromatic heterocycles. The van der Waals surface area contributed by atoms with Crippen molar-refractivity contribution < 1.29 is 22.7 Å². The number of carbonyl (C=O) groups excluding carboxylic acids is 2. The minimum atomic E-state index is -3.66. The molecule has 1 fully saturated rings. The molecule has 2 aromatic rings. The summed E-state index contributed by atoms with van der Waals surface area (Å²) >= 11 is 0. The molecule has 2 aromatic carbocycles. The number of likely N-dealkylation sites (tertiary alicyclic amines) is 1. The fourth-order valence-electron chi connectivity index (χ4n) is 3.65. The Morgan fingerprint density at radius 2 is 1.76 bits per heavy atom. The Labute approximate surface area is 171 Å². The second kappa shape index (κ2) is 8.82. The van der Waals surface area contributed by atoms with Gasteiger partial charge in [-0.05, 0) is 31.2 Å². The third-order valence-corrected chi connectivity index (χ3v) is 6.31. The molecule has 0 atom stereocenters. The number of carbonyl (C=O) groups is 2. The molecule has 0 spiro atoms. The summed E-state index contributed by atoms with van der Waals surface area (Å²) in [6.45, 7) is 2.66. The number of ether oxygens (including phenoxy) is 1. The van der Waals surface area contributed by atoms with Crippen molar-refractivity contribution in [1.29, 1.82) is 0 Å². The molecule has 0 aliphatic carbocycles. The number of amides is 1. The fraction of sp³-hybridized carbons (Fsp3) is 0.429. The first-order chi connectivity index (χ1) is 13.8. The third kappa shape index (κ3) is 4.87. The van der Waals surface area contributed by atoms with E-state index in [2.05, 4.69) is 0 Å².